The molecular formula is C11H8BrFN2O3. The Morgan fingerprint density at radius 3 is 2.78 bits per heavy atom. The lowest BCUT2D eigenvalue weighted by Gasteiger charge is -2.07. The van der Waals surface area contributed by atoms with E-state index in [4.69, 9.17) is 4.42 Å². The van der Waals surface area contributed by atoms with Crippen LogP contribution in [0, 0.1) is 15.9 Å². The number of halogens is 2. The largest absolute Gasteiger partial charge is 0.433 e. The second kappa shape index (κ2) is 5.18. The molecule has 18 heavy (non-hydrogen) atoms. The molecule has 0 atom stereocenters. The Hall–Kier alpha value is -1.89. The number of benzene rings is 1. The topological polar surface area (TPSA) is 68.3 Å². The Bertz CT molecular complexity index is 565. The highest BCUT2D eigenvalue weighted by Crippen LogP contribution is 2.26. The second-order valence-electron chi connectivity index (χ2n) is 3.45. The summed E-state index contributed by atoms with van der Waals surface area (Å²) in [7, 11) is 0. The van der Waals surface area contributed by atoms with Gasteiger partial charge in [-0.05, 0) is 34.1 Å². The molecule has 0 bridgehead atoms. The molecule has 2 aromatic rings. The summed E-state index contributed by atoms with van der Waals surface area (Å²) in [6.07, 6.45) is 0. The Kier molecular flexibility index (Phi) is 3.61. The average Bonchev–Trinajstić information content (AvgIpc) is 2.77. The molecule has 94 valence electrons. The van der Waals surface area contributed by atoms with Gasteiger partial charge in [0, 0.05) is 4.47 Å². The van der Waals surface area contributed by atoms with Crippen LogP contribution in [0.5, 0.6) is 0 Å². The van der Waals surface area contributed by atoms with Gasteiger partial charge >= 0.3 is 5.88 Å². The first kappa shape index (κ1) is 12.6. The number of nitrogens with one attached hydrogen (secondary N) is 1. The molecule has 5 nitrogen and oxygen atoms in total. The average molecular weight is 315 g/mol. The van der Waals surface area contributed by atoms with Crippen molar-refractivity contribution in [2.45, 2.75) is 6.54 Å². The summed E-state index contributed by atoms with van der Waals surface area (Å²) in [6.45, 7) is 0.160. The maximum Gasteiger partial charge on any atom is 0.433 e. The maximum absolute atomic E-state index is 13.5. The molecule has 0 aliphatic carbocycles. The first-order valence-electron chi connectivity index (χ1n) is 4.99. The van der Waals surface area contributed by atoms with Crippen LogP contribution in [0.3, 0.4) is 0 Å². The van der Waals surface area contributed by atoms with E-state index < -0.39 is 10.7 Å². The Balaban J connectivity index is 2.09. The van der Waals surface area contributed by atoms with Crippen LogP contribution in [0.25, 0.3) is 0 Å². The minimum absolute atomic E-state index is 0.160. The number of rotatable bonds is 4. The molecule has 0 aliphatic rings. The van der Waals surface area contributed by atoms with Crippen LogP contribution in [0.15, 0.2) is 39.2 Å². The van der Waals surface area contributed by atoms with Gasteiger partial charge in [-0.15, -0.1) is 0 Å². The van der Waals surface area contributed by atoms with Gasteiger partial charge < -0.3 is 9.73 Å². The van der Waals surface area contributed by atoms with Crippen LogP contribution in [0.4, 0.5) is 16.0 Å². The van der Waals surface area contributed by atoms with Crippen molar-refractivity contribution in [2.24, 2.45) is 0 Å². The van der Waals surface area contributed by atoms with Crippen molar-refractivity contribution >= 4 is 27.5 Å². The number of anilines is 1. The van der Waals surface area contributed by atoms with E-state index in [2.05, 4.69) is 21.2 Å². The number of furan rings is 1. The molecule has 1 heterocycles. The van der Waals surface area contributed by atoms with E-state index in [-0.39, 0.29) is 18.1 Å². The van der Waals surface area contributed by atoms with Crippen LogP contribution < -0.4 is 5.32 Å². The van der Waals surface area contributed by atoms with Crippen molar-refractivity contribution in [3.05, 3.63) is 56.5 Å². The zero-order valence-electron chi connectivity index (χ0n) is 9.02. The fraction of sp³-hybridized carbons (Fsp3) is 0.0909. The van der Waals surface area contributed by atoms with Gasteiger partial charge in [0.05, 0.1) is 18.3 Å². The van der Waals surface area contributed by atoms with Crippen molar-refractivity contribution in [1.29, 1.82) is 0 Å². The van der Waals surface area contributed by atoms with Gasteiger partial charge in [0.1, 0.15) is 16.5 Å². The fourth-order valence-electron chi connectivity index (χ4n) is 1.40. The molecule has 0 spiro atoms. The third kappa shape index (κ3) is 2.67. The quantitative estimate of drug-likeness (QED) is 0.690. The highest BCUT2D eigenvalue weighted by molar-refractivity contribution is 9.10. The lowest BCUT2D eigenvalue weighted by Crippen LogP contribution is -2.01. The molecule has 0 saturated carbocycles. The van der Waals surface area contributed by atoms with Crippen LogP contribution in [-0.4, -0.2) is 4.92 Å². The van der Waals surface area contributed by atoms with E-state index in [9.17, 15) is 14.5 Å². The lowest BCUT2D eigenvalue weighted by atomic mass is 10.3. The Labute approximate surface area is 110 Å². The summed E-state index contributed by atoms with van der Waals surface area (Å²) in [5.74, 6) is -0.387. The number of nitro groups is 1. The van der Waals surface area contributed by atoms with Gasteiger partial charge in [-0.3, -0.25) is 10.1 Å². The summed E-state index contributed by atoms with van der Waals surface area (Å²) in [5.41, 5.74) is 0.288. The number of hydrogen-bond donors (Lipinski definition) is 1. The predicted molar refractivity (Wildman–Crippen MR) is 66.8 cm³/mol. The van der Waals surface area contributed by atoms with E-state index >= 15 is 0 Å². The fourth-order valence-corrected chi connectivity index (χ4v) is 1.88. The summed E-state index contributed by atoms with van der Waals surface area (Å²) in [5, 5.41) is 13.2. The van der Waals surface area contributed by atoms with E-state index in [0.717, 1.165) is 0 Å². The van der Waals surface area contributed by atoms with Gasteiger partial charge in [-0.1, -0.05) is 6.07 Å². The minimum Gasteiger partial charge on any atom is -0.404 e. The molecule has 1 aromatic heterocycles. The van der Waals surface area contributed by atoms with Crippen molar-refractivity contribution in [3.63, 3.8) is 0 Å². The minimum atomic E-state index is -0.623. The van der Waals surface area contributed by atoms with Gasteiger partial charge in [-0.2, -0.15) is 0 Å². The van der Waals surface area contributed by atoms with Crippen molar-refractivity contribution in [3.8, 4) is 0 Å². The molecule has 1 N–H and O–H groups in total. The van der Waals surface area contributed by atoms with Gasteiger partial charge in [-0.25, -0.2) is 4.39 Å². The standard InChI is InChI=1S/C11H8BrFN2O3/c12-8-2-1-3-9(13)11(8)14-6-7-4-5-10(18-7)15(16)17/h1-5,14H,6H2. The third-order valence-corrected chi connectivity index (χ3v) is 2.89. The summed E-state index contributed by atoms with van der Waals surface area (Å²) < 4.78 is 19.0. The van der Waals surface area contributed by atoms with Crippen LogP contribution >= 0.6 is 15.9 Å². The summed E-state index contributed by atoms with van der Waals surface area (Å²) in [4.78, 5) is 9.80. The molecule has 0 amide bonds. The zero-order valence-corrected chi connectivity index (χ0v) is 10.6. The van der Waals surface area contributed by atoms with Crippen molar-refractivity contribution in [2.75, 3.05) is 5.32 Å². The van der Waals surface area contributed by atoms with Crippen molar-refractivity contribution in [1.82, 2.24) is 0 Å². The molecule has 0 aliphatic heterocycles. The third-order valence-electron chi connectivity index (χ3n) is 2.23. The molecule has 2 rings (SSSR count). The van der Waals surface area contributed by atoms with E-state index in [1.54, 1.807) is 12.1 Å². The number of hydrogen-bond acceptors (Lipinski definition) is 4. The number of nitrogens with zero attached hydrogens (tertiary/aromatic N) is 1. The summed E-state index contributed by atoms with van der Waals surface area (Å²) >= 11 is 3.21. The van der Waals surface area contributed by atoms with Gasteiger partial charge in [0.25, 0.3) is 0 Å². The highest BCUT2D eigenvalue weighted by atomic mass is 79.9. The molecule has 0 unspecified atom stereocenters. The Morgan fingerprint density at radius 2 is 2.17 bits per heavy atom. The second-order valence-corrected chi connectivity index (χ2v) is 4.30. The van der Waals surface area contributed by atoms with Crippen LogP contribution in [-0.2, 0) is 6.54 Å². The molecule has 7 heteroatoms. The SMILES string of the molecule is O=[N+]([O-])c1ccc(CNc2c(F)cccc2Br)o1. The van der Waals surface area contributed by atoms with Crippen LogP contribution in [0.1, 0.15) is 5.76 Å². The molecular weight excluding hydrogens is 307 g/mol. The molecule has 1 aromatic carbocycles. The van der Waals surface area contributed by atoms with E-state index in [1.165, 1.54) is 18.2 Å². The predicted octanol–water partition coefficient (Wildman–Crippen LogP) is 3.70. The molecule has 0 radical (unpaired) electrons. The summed E-state index contributed by atoms with van der Waals surface area (Å²) in [6, 6.07) is 7.31. The van der Waals surface area contributed by atoms with Gasteiger partial charge in [0.15, 0.2) is 0 Å². The first-order chi connectivity index (χ1) is 8.58. The number of para-hydroxylation sites is 1. The maximum atomic E-state index is 13.5. The normalized spacial score (nSPS) is 10.3. The molecule has 0 fully saturated rings. The lowest BCUT2D eigenvalue weighted by molar-refractivity contribution is -0.402. The zero-order chi connectivity index (χ0) is 13.1. The monoisotopic (exact) mass is 314 g/mol. The van der Waals surface area contributed by atoms with Crippen molar-refractivity contribution < 1.29 is 13.7 Å². The first-order valence-corrected chi connectivity index (χ1v) is 5.78. The smallest absolute Gasteiger partial charge is 0.404 e. The van der Waals surface area contributed by atoms with E-state index in [1.807, 2.05) is 0 Å². The highest BCUT2D eigenvalue weighted by Gasteiger charge is 2.12. The van der Waals surface area contributed by atoms with Gasteiger partial charge in [0.2, 0.25) is 0 Å². The molecule has 0 saturated heterocycles. The van der Waals surface area contributed by atoms with E-state index in [0.29, 0.717) is 10.2 Å². The van der Waals surface area contributed by atoms with Crippen LogP contribution in [0.2, 0.25) is 0 Å². The Morgan fingerprint density at radius 1 is 1.39 bits per heavy atom.